The first-order chi connectivity index (χ1) is 10.2. The van der Waals surface area contributed by atoms with E-state index in [2.05, 4.69) is 9.82 Å². The zero-order chi connectivity index (χ0) is 16.5. The van der Waals surface area contributed by atoms with Gasteiger partial charge in [0.25, 0.3) is 0 Å². The molecule has 2 aromatic rings. The van der Waals surface area contributed by atoms with Crippen molar-refractivity contribution in [1.29, 1.82) is 0 Å². The molecule has 120 valence electrons. The summed E-state index contributed by atoms with van der Waals surface area (Å²) in [6.07, 6.45) is 1.73. The van der Waals surface area contributed by atoms with Crippen molar-refractivity contribution in [2.24, 2.45) is 0 Å². The van der Waals surface area contributed by atoms with Crippen LogP contribution in [0.15, 0.2) is 29.3 Å². The first-order valence-electron chi connectivity index (χ1n) is 6.76. The average Bonchev–Trinajstić information content (AvgIpc) is 2.82. The number of hydrogen-bond acceptors (Lipinski definition) is 3. The lowest BCUT2D eigenvalue weighted by atomic mass is 10.1. The molecule has 8 heteroatoms. The van der Waals surface area contributed by atoms with Crippen LogP contribution in [-0.2, 0) is 16.6 Å². The maximum absolute atomic E-state index is 13.7. The van der Waals surface area contributed by atoms with Gasteiger partial charge in [0.1, 0.15) is 16.5 Å². The van der Waals surface area contributed by atoms with Gasteiger partial charge in [0.2, 0.25) is 10.0 Å². The lowest BCUT2D eigenvalue weighted by molar-refractivity contribution is 0.537. The highest BCUT2D eigenvalue weighted by atomic mass is 32.2. The summed E-state index contributed by atoms with van der Waals surface area (Å²) in [5.41, 5.74) is 1.36. The smallest absolute Gasteiger partial charge is 0.244 e. The molecule has 0 saturated heterocycles. The van der Waals surface area contributed by atoms with Gasteiger partial charge in [-0.05, 0) is 39.0 Å². The second kappa shape index (κ2) is 6.13. The molecular weight excluding hydrogens is 312 g/mol. The molecular formula is C14H17F2N3O2S. The van der Waals surface area contributed by atoms with Crippen molar-refractivity contribution in [1.82, 2.24) is 14.5 Å². The van der Waals surface area contributed by atoms with E-state index in [1.54, 1.807) is 24.7 Å². The van der Waals surface area contributed by atoms with E-state index < -0.39 is 32.6 Å². The first kappa shape index (κ1) is 16.6. The summed E-state index contributed by atoms with van der Waals surface area (Å²) in [7, 11) is -4.18. The van der Waals surface area contributed by atoms with Crippen molar-refractivity contribution in [2.75, 3.05) is 0 Å². The van der Waals surface area contributed by atoms with E-state index in [4.69, 9.17) is 0 Å². The second-order valence-corrected chi connectivity index (χ2v) is 6.63. The summed E-state index contributed by atoms with van der Waals surface area (Å²) in [5.74, 6) is -1.81. The highest BCUT2D eigenvalue weighted by Gasteiger charge is 2.24. The lowest BCUT2D eigenvalue weighted by Gasteiger charge is -2.14. The molecule has 0 saturated carbocycles. The number of nitrogens with zero attached hydrogens (tertiary/aromatic N) is 2. The van der Waals surface area contributed by atoms with Crippen molar-refractivity contribution >= 4 is 10.0 Å². The van der Waals surface area contributed by atoms with Crippen LogP contribution in [0.1, 0.15) is 31.1 Å². The van der Waals surface area contributed by atoms with Gasteiger partial charge in [-0.15, -0.1) is 0 Å². The zero-order valence-corrected chi connectivity index (χ0v) is 13.3. The Hall–Kier alpha value is -1.80. The van der Waals surface area contributed by atoms with Crippen LogP contribution in [0.2, 0.25) is 0 Å². The second-order valence-electron chi connectivity index (χ2n) is 4.94. The van der Waals surface area contributed by atoms with Crippen LogP contribution in [0, 0.1) is 18.6 Å². The molecule has 0 aliphatic heterocycles. The van der Waals surface area contributed by atoms with Gasteiger partial charge in [0.15, 0.2) is 0 Å². The number of aromatic nitrogens is 2. The molecule has 0 radical (unpaired) electrons. The summed E-state index contributed by atoms with van der Waals surface area (Å²) in [4.78, 5) is -0.708. The predicted octanol–water partition coefficient (Wildman–Crippen LogP) is 2.53. The van der Waals surface area contributed by atoms with Crippen LogP contribution < -0.4 is 4.72 Å². The zero-order valence-electron chi connectivity index (χ0n) is 12.5. The molecule has 1 unspecified atom stereocenters. The molecule has 5 nitrogen and oxygen atoms in total. The Morgan fingerprint density at radius 3 is 2.64 bits per heavy atom. The molecule has 22 heavy (non-hydrogen) atoms. The monoisotopic (exact) mass is 329 g/mol. The maximum Gasteiger partial charge on any atom is 0.244 e. The highest BCUT2D eigenvalue weighted by Crippen LogP contribution is 2.21. The Labute approximate surface area is 128 Å². The summed E-state index contributed by atoms with van der Waals surface area (Å²) >= 11 is 0. The fourth-order valence-corrected chi connectivity index (χ4v) is 3.48. The number of sulfonamides is 1. The Kier molecular flexibility index (Phi) is 4.62. The quantitative estimate of drug-likeness (QED) is 0.917. The molecule has 1 aromatic carbocycles. The van der Waals surface area contributed by atoms with E-state index >= 15 is 0 Å². The predicted molar refractivity (Wildman–Crippen MR) is 77.7 cm³/mol. The van der Waals surface area contributed by atoms with Crippen LogP contribution >= 0.6 is 0 Å². The van der Waals surface area contributed by atoms with Gasteiger partial charge < -0.3 is 0 Å². The van der Waals surface area contributed by atoms with Gasteiger partial charge in [-0.1, -0.05) is 0 Å². The Balaban J connectivity index is 2.31. The van der Waals surface area contributed by atoms with E-state index in [0.29, 0.717) is 23.9 Å². The first-order valence-corrected chi connectivity index (χ1v) is 8.24. The summed E-state index contributed by atoms with van der Waals surface area (Å²) < 4.78 is 55.3. The molecule has 0 fully saturated rings. The average molecular weight is 329 g/mol. The molecule has 1 aromatic heterocycles. The summed E-state index contributed by atoms with van der Waals surface area (Å²) in [6.45, 7) is 5.94. The summed E-state index contributed by atoms with van der Waals surface area (Å²) in [5, 5.41) is 4.23. The van der Waals surface area contributed by atoms with Gasteiger partial charge in [0.05, 0.1) is 5.69 Å². The number of rotatable bonds is 5. The largest absolute Gasteiger partial charge is 0.272 e. The number of nitrogens with one attached hydrogen (secondary N) is 1. The van der Waals surface area contributed by atoms with Crippen molar-refractivity contribution < 1.29 is 17.2 Å². The van der Waals surface area contributed by atoms with Crippen molar-refractivity contribution in [3.63, 3.8) is 0 Å². The molecule has 0 aliphatic carbocycles. The minimum Gasteiger partial charge on any atom is -0.272 e. The van der Waals surface area contributed by atoms with Crippen LogP contribution in [0.5, 0.6) is 0 Å². The topological polar surface area (TPSA) is 64.0 Å². The van der Waals surface area contributed by atoms with Crippen LogP contribution in [-0.4, -0.2) is 18.2 Å². The summed E-state index contributed by atoms with van der Waals surface area (Å²) in [6, 6.07) is 1.70. The minimum atomic E-state index is -4.18. The third kappa shape index (κ3) is 3.33. The Morgan fingerprint density at radius 2 is 2.05 bits per heavy atom. The van der Waals surface area contributed by atoms with Crippen LogP contribution in [0.3, 0.4) is 0 Å². The van der Waals surface area contributed by atoms with E-state index in [0.717, 1.165) is 12.1 Å². The van der Waals surface area contributed by atoms with Gasteiger partial charge in [0, 0.05) is 24.3 Å². The molecule has 0 amide bonds. The Bertz CT molecular complexity index is 787. The van der Waals surface area contributed by atoms with Crippen molar-refractivity contribution in [2.45, 2.75) is 38.3 Å². The molecule has 0 bridgehead atoms. The fraction of sp³-hybridized carbons (Fsp3) is 0.357. The van der Waals surface area contributed by atoms with E-state index in [1.807, 2.05) is 6.92 Å². The lowest BCUT2D eigenvalue weighted by Crippen LogP contribution is -2.28. The molecule has 0 aliphatic rings. The number of aryl methyl sites for hydroxylation is 2. The van der Waals surface area contributed by atoms with Gasteiger partial charge in [-0.25, -0.2) is 21.9 Å². The van der Waals surface area contributed by atoms with Crippen molar-refractivity contribution in [3.8, 4) is 0 Å². The number of hydrogen-bond donors (Lipinski definition) is 1. The van der Waals surface area contributed by atoms with Crippen LogP contribution in [0.4, 0.5) is 8.78 Å². The normalized spacial score (nSPS) is 13.3. The fourth-order valence-electron chi connectivity index (χ4n) is 2.16. The van der Waals surface area contributed by atoms with Gasteiger partial charge >= 0.3 is 0 Å². The number of benzene rings is 1. The minimum absolute atomic E-state index is 0.618. The highest BCUT2D eigenvalue weighted by molar-refractivity contribution is 7.89. The number of halogens is 2. The molecule has 1 N–H and O–H groups in total. The molecule has 0 spiro atoms. The molecule has 1 atom stereocenters. The molecule has 1 heterocycles. The molecule has 2 rings (SSSR count). The van der Waals surface area contributed by atoms with Crippen molar-refractivity contribution in [3.05, 3.63) is 47.3 Å². The van der Waals surface area contributed by atoms with E-state index in [1.165, 1.54) is 0 Å². The standard InChI is InChI=1S/C14H17F2N3O2S/c1-4-19-8-12(9(2)17-19)10(3)18-22(20,21)14-7-11(15)5-6-13(14)16/h5-8,10,18H,4H2,1-3H3. The third-order valence-corrected chi connectivity index (χ3v) is 4.85. The third-order valence-electron chi connectivity index (χ3n) is 3.29. The van der Waals surface area contributed by atoms with Gasteiger partial charge in [-0.2, -0.15) is 5.10 Å². The van der Waals surface area contributed by atoms with E-state index in [9.17, 15) is 17.2 Å². The SMILES string of the molecule is CCn1cc(C(C)NS(=O)(=O)c2cc(F)ccc2F)c(C)n1. The Morgan fingerprint density at radius 1 is 1.36 bits per heavy atom. The maximum atomic E-state index is 13.7. The van der Waals surface area contributed by atoms with Crippen LogP contribution in [0.25, 0.3) is 0 Å². The van der Waals surface area contributed by atoms with E-state index in [-0.39, 0.29) is 0 Å². The van der Waals surface area contributed by atoms with Gasteiger partial charge in [-0.3, -0.25) is 4.68 Å².